The van der Waals surface area contributed by atoms with E-state index in [4.69, 9.17) is 14.0 Å². The molecule has 134 valence electrons. The van der Waals surface area contributed by atoms with Crippen LogP contribution in [-0.2, 0) is 22.6 Å². The van der Waals surface area contributed by atoms with E-state index in [0.717, 1.165) is 47.8 Å². The number of amides is 1. The normalized spacial score (nSPS) is 16.8. The molecule has 0 saturated carbocycles. The maximum absolute atomic E-state index is 12.0. The summed E-state index contributed by atoms with van der Waals surface area (Å²) < 4.78 is 16.4. The molecule has 1 saturated heterocycles. The number of nitrogens with one attached hydrogen (secondary N) is 1. The molecular formula is C19H24N2O4. The number of hydrogen-bond acceptors (Lipinski definition) is 5. The quantitative estimate of drug-likeness (QED) is 0.836. The third kappa shape index (κ3) is 4.82. The van der Waals surface area contributed by atoms with E-state index in [0.29, 0.717) is 19.6 Å². The van der Waals surface area contributed by atoms with Crippen LogP contribution in [0.25, 0.3) is 0 Å². The number of carbonyl (C=O) groups excluding carboxylic acids is 1. The molecule has 2 heterocycles. The van der Waals surface area contributed by atoms with Gasteiger partial charge in [0.05, 0.1) is 23.8 Å². The average Bonchev–Trinajstić information content (AvgIpc) is 3.23. The van der Waals surface area contributed by atoms with Gasteiger partial charge in [-0.25, -0.2) is 0 Å². The number of ether oxygens (including phenoxy) is 2. The summed E-state index contributed by atoms with van der Waals surface area (Å²) in [6.45, 7) is 5.58. The molecule has 6 heteroatoms. The van der Waals surface area contributed by atoms with Crippen LogP contribution in [-0.4, -0.2) is 30.3 Å². The van der Waals surface area contributed by atoms with Crippen molar-refractivity contribution in [3.63, 3.8) is 0 Å². The van der Waals surface area contributed by atoms with Crippen molar-refractivity contribution in [1.82, 2.24) is 10.5 Å². The molecule has 6 nitrogen and oxygen atoms in total. The van der Waals surface area contributed by atoms with Crippen molar-refractivity contribution in [2.75, 3.05) is 13.2 Å². The molecule has 1 N–H and O–H groups in total. The minimum atomic E-state index is 0.0138. The summed E-state index contributed by atoms with van der Waals surface area (Å²) in [6, 6.07) is 7.57. The predicted molar refractivity (Wildman–Crippen MR) is 92.4 cm³/mol. The molecule has 0 aliphatic carbocycles. The number of benzene rings is 1. The summed E-state index contributed by atoms with van der Waals surface area (Å²) in [6.07, 6.45) is 2.63. The second-order valence-corrected chi connectivity index (χ2v) is 6.35. The van der Waals surface area contributed by atoms with Gasteiger partial charge in [-0.1, -0.05) is 17.3 Å². The first kappa shape index (κ1) is 17.5. The third-order valence-electron chi connectivity index (χ3n) is 4.40. The van der Waals surface area contributed by atoms with Crippen molar-refractivity contribution in [3.05, 3.63) is 46.8 Å². The number of rotatable bonds is 7. The van der Waals surface area contributed by atoms with Gasteiger partial charge < -0.3 is 19.3 Å². The Balaban J connectivity index is 1.45. The number of aromatic nitrogens is 1. The summed E-state index contributed by atoms with van der Waals surface area (Å²) in [5.41, 5.74) is 2.77. The highest BCUT2D eigenvalue weighted by molar-refractivity contribution is 5.78. The lowest BCUT2D eigenvalue weighted by Gasteiger charge is -2.11. The van der Waals surface area contributed by atoms with E-state index in [1.54, 1.807) is 0 Å². The number of aryl methyl sites for hydroxylation is 2. The molecule has 1 aliphatic rings. The Hall–Kier alpha value is -2.34. The molecule has 25 heavy (non-hydrogen) atoms. The minimum Gasteiger partial charge on any atom is -0.489 e. The lowest BCUT2D eigenvalue weighted by atomic mass is 10.1. The van der Waals surface area contributed by atoms with E-state index in [2.05, 4.69) is 10.5 Å². The molecule has 0 radical (unpaired) electrons. The molecule has 3 rings (SSSR count). The molecule has 1 fully saturated rings. The largest absolute Gasteiger partial charge is 0.489 e. The van der Waals surface area contributed by atoms with Crippen molar-refractivity contribution >= 4 is 5.91 Å². The zero-order chi connectivity index (χ0) is 17.6. The zero-order valence-corrected chi connectivity index (χ0v) is 14.7. The van der Waals surface area contributed by atoms with E-state index in [-0.39, 0.29) is 12.0 Å². The second kappa shape index (κ2) is 8.16. The van der Waals surface area contributed by atoms with Gasteiger partial charge in [0.15, 0.2) is 0 Å². The van der Waals surface area contributed by atoms with Crippen LogP contribution >= 0.6 is 0 Å². The van der Waals surface area contributed by atoms with Crippen LogP contribution in [0.1, 0.15) is 35.4 Å². The van der Waals surface area contributed by atoms with Gasteiger partial charge in [-0.05, 0) is 44.4 Å². The molecule has 2 aromatic rings. The Kier molecular flexibility index (Phi) is 5.71. The van der Waals surface area contributed by atoms with Gasteiger partial charge in [0.1, 0.15) is 18.1 Å². The standard InChI is InChI=1S/C19H24N2O4/c1-13-18(14(2)25-21-13)12-24-16-7-5-15(6-8-16)10-19(22)20-11-17-4-3-9-23-17/h5-8,17H,3-4,9-12H2,1-2H3,(H,20,22)/t17-/m0/s1. The maximum atomic E-state index is 12.0. The fraction of sp³-hybridized carbons (Fsp3) is 0.474. The zero-order valence-electron chi connectivity index (χ0n) is 14.7. The molecule has 0 bridgehead atoms. The molecule has 1 aromatic heterocycles. The van der Waals surface area contributed by atoms with Crippen molar-refractivity contribution < 1.29 is 18.8 Å². The smallest absolute Gasteiger partial charge is 0.224 e. The lowest BCUT2D eigenvalue weighted by molar-refractivity contribution is -0.120. The van der Waals surface area contributed by atoms with Crippen molar-refractivity contribution in [3.8, 4) is 5.75 Å². The maximum Gasteiger partial charge on any atom is 0.224 e. The van der Waals surface area contributed by atoms with Gasteiger partial charge in [0.25, 0.3) is 0 Å². The monoisotopic (exact) mass is 344 g/mol. The van der Waals surface area contributed by atoms with Crippen LogP contribution in [0.3, 0.4) is 0 Å². The fourth-order valence-electron chi connectivity index (χ4n) is 2.85. The van der Waals surface area contributed by atoms with Crippen LogP contribution in [0.4, 0.5) is 0 Å². The first-order valence-electron chi connectivity index (χ1n) is 8.63. The number of hydrogen-bond donors (Lipinski definition) is 1. The molecule has 1 atom stereocenters. The highest BCUT2D eigenvalue weighted by Gasteiger charge is 2.16. The van der Waals surface area contributed by atoms with Crippen LogP contribution in [0.2, 0.25) is 0 Å². The van der Waals surface area contributed by atoms with Gasteiger partial charge >= 0.3 is 0 Å². The van der Waals surface area contributed by atoms with Crippen LogP contribution < -0.4 is 10.1 Å². The predicted octanol–water partition coefficient (Wildman–Crippen LogP) is 2.71. The van der Waals surface area contributed by atoms with Crippen molar-refractivity contribution in [2.45, 2.75) is 45.8 Å². The first-order valence-corrected chi connectivity index (χ1v) is 8.63. The SMILES string of the molecule is Cc1noc(C)c1COc1ccc(CC(=O)NC[C@@H]2CCCO2)cc1. The van der Waals surface area contributed by atoms with E-state index in [1.807, 2.05) is 38.1 Å². The minimum absolute atomic E-state index is 0.0138. The van der Waals surface area contributed by atoms with Crippen LogP contribution in [0.5, 0.6) is 5.75 Å². The molecule has 1 amide bonds. The van der Waals surface area contributed by atoms with E-state index in [9.17, 15) is 4.79 Å². The second-order valence-electron chi connectivity index (χ2n) is 6.35. The summed E-state index contributed by atoms with van der Waals surface area (Å²) >= 11 is 0. The summed E-state index contributed by atoms with van der Waals surface area (Å²) in [5.74, 6) is 1.54. The van der Waals surface area contributed by atoms with Gasteiger partial charge in [-0.3, -0.25) is 4.79 Å². The van der Waals surface area contributed by atoms with Gasteiger partial charge in [0, 0.05) is 13.2 Å². The Labute approximate surface area is 147 Å². The Morgan fingerprint density at radius 3 is 2.76 bits per heavy atom. The van der Waals surface area contributed by atoms with Gasteiger partial charge in [0.2, 0.25) is 5.91 Å². The van der Waals surface area contributed by atoms with Gasteiger partial charge in [-0.15, -0.1) is 0 Å². The lowest BCUT2D eigenvalue weighted by Crippen LogP contribution is -2.32. The van der Waals surface area contributed by atoms with E-state index in [1.165, 1.54) is 0 Å². The molecule has 1 aliphatic heterocycles. The van der Waals surface area contributed by atoms with Crippen molar-refractivity contribution in [1.29, 1.82) is 0 Å². The first-order chi connectivity index (χ1) is 12.1. The van der Waals surface area contributed by atoms with Crippen LogP contribution in [0, 0.1) is 13.8 Å². The summed E-state index contributed by atoms with van der Waals surface area (Å²) in [7, 11) is 0. The fourth-order valence-corrected chi connectivity index (χ4v) is 2.85. The Bertz CT molecular complexity index is 683. The highest BCUT2D eigenvalue weighted by Crippen LogP contribution is 2.18. The van der Waals surface area contributed by atoms with Crippen LogP contribution in [0.15, 0.2) is 28.8 Å². The molecule has 0 unspecified atom stereocenters. The third-order valence-corrected chi connectivity index (χ3v) is 4.40. The Morgan fingerprint density at radius 1 is 1.32 bits per heavy atom. The summed E-state index contributed by atoms with van der Waals surface area (Å²) in [4.78, 5) is 12.0. The highest BCUT2D eigenvalue weighted by atomic mass is 16.5. The van der Waals surface area contributed by atoms with Gasteiger partial charge in [-0.2, -0.15) is 0 Å². The summed E-state index contributed by atoms with van der Waals surface area (Å²) in [5, 5.41) is 6.84. The van der Waals surface area contributed by atoms with Crippen molar-refractivity contribution in [2.24, 2.45) is 0 Å². The topological polar surface area (TPSA) is 73.6 Å². The number of carbonyl (C=O) groups is 1. The van der Waals surface area contributed by atoms with E-state index < -0.39 is 0 Å². The molecule has 1 aromatic carbocycles. The average molecular weight is 344 g/mol. The molecule has 0 spiro atoms. The Morgan fingerprint density at radius 2 is 2.12 bits per heavy atom. The van der Waals surface area contributed by atoms with E-state index >= 15 is 0 Å². The molecular weight excluding hydrogens is 320 g/mol. The number of nitrogens with zero attached hydrogens (tertiary/aromatic N) is 1.